The van der Waals surface area contributed by atoms with E-state index in [2.05, 4.69) is 12.2 Å². The number of hydrogen-bond donors (Lipinski definition) is 1. The fraction of sp³-hybridized carbons (Fsp3) is 1.00. The van der Waals surface area contributed by atoms with Crippen molar-refractivity contribution in [2.75, 3.05) is 6.54 Å². The predicted molar refractivity (Wildman–Crippen MR) is 86.7 cm³/mol. The van der Waals surface area contributed by atoms with Crippen molar-refractivity contribution in [3.63, 3.8) is 0 Å². The average Bonchev–Trinajstić information content (AvgIpc) is 2.37. The van der Waals surface area contributed by atoms with E-state index in [1.54, 1.807) is 0 Å². The molecule has 1 fully saturated rings. The summed E-state index contributed by atoms with van der Waals surface area (Å²) in [5.74, 6) is 0. The van der Waals surface area contributed by atoms with E-state index in [-0.39, 0.29) is 0 Å². The number of rotatable bonds is 14. The Hall–Kier alpha value is -0.0400. The van der Waals surface area contributed by atoms with Crippen LogP contribution < -0.4 is 5.32 Å². The van der Waals surface area contributed by atoms with Crippen LogP contribution in [0.15, 0.2) is 0 Å². The zero-order valence-electron chi connectivity index (χ0n) is 13.4. The third-order valence-corrected chi connectivity index (χ3v) is 4.58. The molecule has 1 aliphatic rings. The summed E-state index contributed by atoms with van der Waals surface area (Å²) in [6, 6.07) is 0.882. The van der Waals surface area contributed by atoms with Gasteiger partial charge in [0, 0.05) is 6.04 Å². The average molecular weight is 268 g/mol. The van der Waals surface area contributed by atoms with Gasteiger partial charge in [0.1, 0.15) is 0 Å². The molecule has 1 atom stereocenters. The summed E-state index contributed by atoms with van der Waals surface area (Å²) in [5.41, 5.74) is 0. The molecule has 1 heteroatoms. The molecule has 1 aliphatic heterocycles. The van der Waals surface area contributed by atoms with Crippen LogP contribution in [-0.4, -0.2) is 12.6 Å². The van der Waals surface area contributed by atoms with E-state index in [4.69, 9.17) is 0 Å². The van der Waals surface area contributed by atoms with E-state index in [1.165, 1.54) is 103 Å². The van der Waals surface area contributed by atoms with Crippen molar-refractivity contribution in [2.24, 2.45) is 0 Å². The Labute approximate surface area is 121 Å². The molecule has 1 N–H and O–H groups in total. The lowest BCUT2D eigenvalue weighted by molar-refractivity contribution is 0.339. The van der Waals surface area contributed by atoms with Gasteiger partial charge in [0.15, 0.2) is 0 Å². The highest BCUT2D eigenvalue weighted by Gasteiger charge is 2.14. The zero-order valence-corrected chi connectivity index (χ0v) is 13.4. The van der Waals surface area contributed by atoms with Gasteiger partial charge in [0.2, 0.25) is 0 Å². The van der Waals surface area contributed by atoms with Gasteiger partial charge in [0.25, 0.3) is 0 Å². The second-order valence-corrected chi connectivity index (χ2v) is 6.47. The monoisotopic (exact) mass is 267 g/mol. The van der Waals surface area contributed by atoms with Crippen molar-refractivity contribution in [1.82, 2.24) is 5.32 Å². The lowest BCUT2D eigenvalue weighted by atomic mass is 9.99. The Morgan fingerprint density at radius 1 is 0.684 bits per heavy atom. The fourth-order valence-electron chi connectivity index (χ4n) is 3.00. The Morgan fingerprint density at radius 2 is 1.11 bits per heavy atom. The molecule has 114 valence electrons. The van der Waals surface area contributed by atoms with Crippen LogP contribution >= 0.6 is 0 Å². The maximum absolute atomic E-state index is 3.49. The van der Waals surface area contributed by atoms with Crippen LogP contribution in [0, 0.1) is 0 Å². The molecule has 0 aromatic rings. The summed E-state index contributed by atoms with van der Waals surface area (Å²) < 4.78 is 0. The first kappa shape index (κ1) is 17.0. The molecule has 1 unspecified atom stereocenters. The van der Waals surface area contributed by atoms with Gasteiger partial charge in [-0.05, 0) is 19.4 Å². The Balaban J connectivity index is 1.62. The molecule has 1 heterocycles. The minimum Gasteiger partial charge on any atom is -0.314 e. The molecule has 0 spiro atoms. The molecule has 1 rings (SSSR count). The highest BCUT2D eigenvalue weighted by molar-refractivity contribution is 4.76. The molecule has 0 saturated carbocycles. The lowest BCUT2D eigenvalue weighted by Gasteiger charge is -2.27. The van der Waals surface area contributed by atoms with Crippen LogP contribution in [0.3, 0.4) is 0 Å². The summed E-state index contributed by atoms with van der Waals surface area (Å²) in [6.45, 7) is 3.56. The van der Waals surface area contributed by atoms with Gasteiger partial charge < -0.3 is 5.32 Å². The van der Waals surface area contributed by atoms with E-state index in [0.717, 1.165) is 6.04 Å². The summed E-state index contributed by atoms with van der Waals surface area (Å²) in [4.78, 5) is 0. The minimum absolute atomic E-state index is 0.882. The summed E-state index contributed by atoms with van der Waals surface area (Å²) in [7, 11) is 0. The van der Waals surface area contributed by atoms with Gasteiger partial charge >= 0.3 is 0 Å². The number of hydrogen-bond acceptors (Lipinski definition) is 1. The molecule has 0 aromatic carbocycles. The second kappa shape index (κ2) is 13.0. The quantitative estimate of drug-likeness (QED) is 0.390. The van der Waals surface area contributed by atoms with Gasteiger partial charge in [-0.1, -0.05) is 90.4 Å². The first-order chi connectivity index (χ1) is 9.43. The van der Waals surface area contributed by atoms with Crippen LogP contribution in [0.2, 0.25) is 0 Å². The third-order valence-electron chi connectivity index (χ3n) is 4.58. The zero-order chi connectivity index (χ0) is 13.6. The second-order valence-electron chi connectivity index (χ2n) is 6.47. The van der Waals surface area contributed by atoms with Crippen molar-refractivity contribution >= 4 is 0 Å². The molecule has 0 bridgehead atoms. The van der Waals surface area contributed by atoms with Crippen LogP contribution in [0.4, 0.5) is 0 Å². The fourth-order valence-corrected chi connectivity index (χ4v) is 3.00. The molecular formula is C18H37N. The normalized spacial score (nSPS) is 18.5. The van der Waals surface area contributed by atoms with Crippen molar-refractivity contribution < 1.29 is 0 Å². The summed E-state index contributed by atoms with van der Waals surface area (Å²) >= 11 is 0. The predicted octanol–water partition coefficient (Wildman–Crippen LogP) is 5.83. The molecule has 0 amide bonds. The van der Waals surface area contributed by atoms with Crippen molar-refractivity contribution in [1.29, 1.82) is 0 Å². The van der Waals surface area contributed by atoms with Crippen LogP contribution in [-0.2, 0) is 0 Å². The first-order valence-electron chi connectivity index (χ1n) is 9.17. The van der Waals surface area contributed by atoms with E-state index >= 15 is 0 Å². The van der Waals surface area contributed by atoms with Crippen molar-refractivity contribution in [3.05, 3.63) is 0 Å². The van der Waals surface area contributed by atoms with E-state index in [0.29, 0.717) is 0 Å². The summed E-state index contributed by atoms with van der Waals surface area (Å²) in [5, 5.41) is 3.49. The molecule has 1 nitrogen and oxygen atoms in total. The Morgan fingerprint density at radius 3 is 1.47 bits per heavy atom. The van der Waals surface area contributed by atoms with E-state index in [9.17, 15) is 0 Å². The van der Waals surface area contributed by atoms with Crippen molar-refractivity contribution in [3.8, 4) is 0 Å². The third kappa shape index (κ3) is 10.4. The van der Waals surface area contributed by atoms with Crippen LogP contribution in [0.1, 0.15) is 103 Å². The van der Waals surface area contributed by atoms with Crippen LogP contribution in [0.25, 0.3) is 0 Å². The highest BCUT2D eigenvalue weighted by atomic mass is 15.0. The molecule has 19 heavy (non-hydrogen) atoms. The van der Waals surface area contributed by atoms with Crippen molar-refractivity contribution in [2.45, 2.75) is 109 Å². The SMILES string of the molecule is CCCCCCCCCCCCCCCC1CCN1. The van der Waals surface area contributed by atoms with Gasteiger partial charge in [-0.25, -0.2) is 0 Å². The van der Waals surface area contributed by atoms with E-state index in [1.807, 2.05) is 0 Å². The highest BCUT2D eigenvalue weighted by Crippen LogP contribution is 2.15. The van der Waals surface area contributed by atoms with Gasteiger partial charge in [-0.2, -0.15) is 0 Å². The maximum atomic E-state index is 3.49. The molecule has 0 radical (unpaired) electrons. The molecule has 0 aliphatic carbocycles. The largest absolute Gasteiger partial charge is 0.314 e. The molecular weight excluding hydrogens is 230 g/mol. The van der Waals surface area contributed by atoms with E-state index < -0.39 is 0 Å². The van der Waals surface area contributed by atoms with Crippen LogP contribution in [0.5, 0.6) is 0 Å². The first-order valence-corrected chi connectivity index (χ1v) is 9.17. The Bertz CT molecular complexity index is 175. The topological polar surface area (TPSA) is 12.0 Å². The van der Waals surface area contributed by atoms with Gasteiger partial charge in [-0.3, -0.25) is 0 Å². The minimum atomic E-state index is 0.882. The smallest absolute Gasteiger partial charge is 0.00791 e. The number of unbranched alkanes of at least 4 members (excludes halogenated alkanes) is 12. The number of nitrogens with one attached hydrogen (secondary N) is 1. The van der Waals surface area contributed by atoms with Gasteiger partial charge in [0.05, 0.1) is 0 Å². The molecule has 1 saturated heterocycles. The standard InChI is InChI=1S/C18H37N/c1-2-3-4-5-6-7-8-9-10-11-12-13-14-15-18-16-17-19-18/h18-19H,2-17H2,1H3. The molecule has 0 aromatic heterocycles. The lowest BCUT2D eigenvalue weighted by Crippen LogP contribution is -2.42. The summed E-state index contributed by atoms with van der Waals surface area (Å²) in [6.07, 6.45) is 21.9. The Kier molecular flexibility index (Phi) is 11.6. The maximum Gasteiger partial charge on any atom is 0.00791 e. The van der Waals surface area contributed by atoms with Gasteiger partial charge in [-0.15, -0.1) is 0 Å².